The van der Waals surface area contributed by atoms with Gasteiger partial charge < -0.3 is 28.6 Å². The Hall–Kier alpha value is -2.80. The fourth-order valence-electron chi connectivity index (χ4n) is 2.99. The zero-order valence-electron chi connectivity index (χ0n) is 19.0. The Kier molecular flexibility index (Phi) is 9.78. The molecule has 0 heterocycles. The van der Waals surface area contributed by atoms with Crippen molar-refractivity contribution in [1.82, 2.24) is 0 Å². The standard InChI is InChI=1S/C23H30NO7P/c1-6-30-32(26,31-7-2)16-17-8-11-19(12-9-17)24-22(25)13-10-18-14-20(27-3)23(29-5)21(15-18)28-4/h8-15H,6-7,16H2,1-5H3,(H,24,25)/b13-10+. The maximum atomic E-state index is 12.6. The van der Waals surface area contributed by atoms with Crippen LogP contribution in [0.2, 0.25) is 0 Å². The third-order valence-corrected chi connectivity index (χ3v) is 6.42. The molecule has 0 aliphatic rings. The molecule has 0 fully saturated rings. The fraction of sp³-hybridized carbons (Fsp3) is 0.348. The molecule has 1 amide bonds. The number of amides is 1. The fourth-order valence-corrected chi connectivity index (χ4v) is 4.69. The lowest BCUT2D eigenvalue weighted by Crippen LogP contribution is -2.07. The summed E-state index contributed by atoms with van der Waals surface area (Å²) >= 11 is 0. The number of hydrogen-bond acceptors (Lipinski definition) is 7. The van der Waals surface area contributed by atoms with Gasteiger partial charge in [0, 0.05) is 11.8 Å². The van der Waals surface area contributed by atoms with Crippen molar-refractivity contribution >= 4 is 25.3 Å². The Labute approximate surface area is 189 Å². The first-order valence-corrected chi connectivity index (χ1v) is 11.9. The second-order valence-electron chi connectivity index (χ2n) is 6.58. The van der Waals surface area contributed by atoms with Gasteiger partial charge in [-0.3, -0.25) is 9.36 Å². The topological polar surface area (TPSA) is 92.3 Å². The van der Waals surface area contributed by atoms with Crippen LogP contribution in [0, 0.1) is 0 Å². The molecule has 0 atom stereocenters. The van der Waals surface area contributed by atoms with E-state index in [9.17, 15) is 9.36 Å². The van der Waals surface area contributed by atoms with Crippen molar-refractivity contribution in [1.29, 1.82) is 0 Å². The number of ether oxygens (including phenoxy) is 3. The predicted octanol–water partition coefficient (Wildman–Crippen LogP) is 5.13. The van der Waals surface area contributed by atoms with E-state index >= 15 is 0 Å². The minimum absolute atomic E-state index is 0.171. The molecular weight excluding hydrogens is 433 g/mol. The normalized spacial score (nSPS) is 11.4. The van der Waals surface area contributed by atoms with Crippen molar-refractivity contribution in [3.8, 4) is 17.2 Å². The Balaban J connectivity index is 2.06. The summed E-state index contributed by atoms with van der Waals surface area (Å²) in [5, 5.41) is 2.79. The molecule has 0 aliphatic carbocycles. The molecule has 0 saturated heterocycles. The highest BCUT2D eigenvalue weighted by Crippen LogP contribution is 2.51. The summed E-state index contributed by atoms with van der Waals surface area (Å²) in [5.74, 6) is 1.17. The number of anilines is 1. The minimum Gasteiger partial charge on any atom is -0.493 e. The van der Waals surface area contributed by atoms with Crippen molar-refractivity contribution in [3.05, 3.63) is 53.6 Å². The first-order chi connectivity index (χ1) is 15.4. The summed E-state index contributed by atoms with van der Waals surface area (Å²) in [6, 6.07) is 10.5. The number of nitrogens with one attached hydrogen (secondary N) is 1. The van der Waals surface area contributed by atoms with Crippen LogP contribution in [0.1, 0.15) is 25.0 Å². The number of carbonyl (C=O) groups is 1. The molecule has 0 saturated carbocycles. The molecule has 1 N–H and O–H groups in total. The monoisotopic (exact) mass is 463 g/mol. The van der Waals surface area contributed by atoms with Crippen molar-refractivity contribution in [2.24, 2.45) is 0 Å². The van der Waals surface area contributed by atoms with Gasteiger partial charge in [0.15, 0.2) is 11.5 Å². The molecule has 0 aromatic heterocycles. The van der Waals surface area contributed by atoms with Gasteiger partial charge in [-0.15, -0.1) is 0 Å². The summed E-state index contributed by atoms with van der Waals surface area (Å²) in [6.45, 7) is 4.17. The Morgan fingerprint density at radius 2 is 1.50 bits per heavy atom. The molecule has 2 aromatic carbocycles. The van der Waals surface area contributed by atoms with Gasteiger partial charge >= 0.3 is 7.60 Å². The van der Waals surface area contributed by atoms with Gasteiger partial charge in [-0.05, 0) is 55.3 Å². The highest BCUT2D eigenvalue weighted by molar-refractivity contribution is 7.53. The van der Waals surface area contributed by atoms with Crippen LogP contribution in [-0.4, -0.2) is 40.5 Å². The molecule has 32 heavy (non-hydrogen) atoms. The highest BCUT2D eigenvalue weighted by Gasteiger charge is 2.23. The molecule has 0 radical (unpaired) electrons. The van der Waals surface area contributed by atoms with Crippen LogP contribution in [0.4, 0.5) is 5.69 Å². The van der Waals surface area contributed by atoms with Gasteiger partial charge in [0.05, 0.1) is 40.7 Å². The van der Waals surface area contributed by atoms with E-state index in [4.69, 9.17) is 23.3 Å². The van der Waals surface area contributed by atoms with Crippen molar-refractivity contribution in [3.63, 3.8) is 0 Å². The first kappa shape index (κ1) is 25.5. The van der Waals surface area contributed by atoms with E-state index in [0.717, 1.165) is 5.56 Å². The van der Waals surface area contributed by atoms with Crippen LogP contribution in [0.3, 0.4) is 0 Å². The molecule has 9 heteroatoms. The zero-order chi connectivity index (χ0) is 23.6. The average Bonchev–Trinajstić information content (AvgIpc) is 2.78. The molecule has 0 bridgehead atoms. The van der Waals surface area contributed by atoms with Gasteiger partial charge in [0.1, 0.15) is 0 Å². The Morgan fingerprint density at radius 1 is 0.938 bits per heavy atom. The molecule has 8 nitrogen and oxygen atoms in total. The Morgan fingerprint density at radius 3 is 1.97 bits per heavy atom. The summed E-state index contributed by atoms with van der Waals surface area (Å²) < 4.78 is 39.2. The molecule has 0 aliphatic heterocycles. The Bertz CT molecular complexity index is 938. The van der Waals surface area contributed by atoms with Crippen LogP contribution in [-0.2, 0) is 24.6 Å². The third kappa shape index (κ3) is 7.12. The highest BCUT2D eigenvalue weighted by atomic mass is 31.2. The molecule has 0 spiro atoms. The van der Waals surface area contributed by atoms with Gasteiger partial charge in [-0.1, -0.05) is 12.1 Å². The summed E-state index contributed by atoms with van der Waals surface area (Å²) in [6.07, 6.45) is 3.23. The third-order valence-electron chi connectivity index (χ3n) is 4.36. The lowest BCUT2D eigenvalue weighted by molar-refractivity contribution is -0.111. The average molecular weight is 463 g/mol. The minimum atomic E-state index is -3.18. The van der Waals surface area contributed by atoms with Gasteiger partial charge in [-0.2, -0.15) is 0 Å². The van der Waals surface area contributed by atoms with Gasteiger partial charge in [-0.25, -0.2) is 0 Å². The van der Waals surface area contributed by atoms with Gasteiger partial charge in [0.2, 0.25) is 11.7 Å². The number of rotatable bonds is 12. The van der Waals surface area contributed by atoms with Crippen molar-refractivity contribution in [2.45, 2.75) is 20.0 Å². The summed E-state index contributed by atoms with van der Waals surface area (Å²) in [4.78, 5) is 12.3. The first-order valence-electron chi connectivity index (χ1n) is 10.1. The lowest BCUT2D eigenvalue weighted by atomic mass is 10.1. The van der Waals surface area contributed by atoms with Gasteiger partial charge in [0.25, 0.3) is 0 Å². The summed E-state index contributed by atoms with van der Waals surface area (Å²) in [7, 11) is 1.41. The van der Waals surface area contributed by atoms with Crippen molar-refractivity contribution in [2.75, 3.05) is 39.9 Å². The molecule has 0 unspecified atom stereocenters. The van der Waals surface area contributed by atoms with E-state index in [2.05, 4.69) is 5.32 Å². The largest absolute Gasteiger partial charge is 0.493 e. The quantitative estimate of drug-likeness (QED) is 0.345. The zero-order valence-corrected chi connectivity index (χ0v) is 19.9. The summed E-state index contributed by atoms with van der Waals surface area (Å²) in [5.41, 5.74) is 2.12. The molecule has 2 aromatic rings. The van der Waals surface area contributed by atoms with Crippen LogP contribution in [0.25, 0.3) is 6.08 Å². The molecular formula is C23H30NO7P. The number of benzene rings is 2. The molecule has 2 rings (SSSR count). The van der Waals surface area contributed by atoms with Crippen LogP contribution in [0.15, 0.2) is 42.5 Å². The van der Waals surface area contributed by atoms with Crippen LogP contribution >= 0.6 is 7.60 Å². The maximum Gasteiger partial charge on any atom is 0.335 e. The van der Waals surface area contributed by atoms with E-state index in [0.29, 0.717) is 41.7 Å². The number of methoxy groups -OCH3 is 3. The van der Waals surface area contributed by atoms with E-state index in [1.807, 2.05) is 0 Å². The predicted molar refractivity (Wildman–Crippen MR) is 125 cm³/mol. The SMILES string of the molecule is CCOP(=O)(Cc1ccc(NC(=O)/C=C/c2cc(OC)c(OC)c(OC)c2)cc1)OCC. The number of carbonyl (C=O) groups excluding carboxylic acids is 1. The maximum absolute atomic E-state index is 12.6. The van der Waals surface area contributed by atoms with Crippen LogP contribution in [0.5, 0.6) is 17.2 Å². The second kappa shape index (κ2) is 12.3. The van der Waals surface area contributed by atoms with Crippen LogP contribution < -0.4 is 19.5 Å². The van der Waals surface area contributed by atoms with Crippen molar-refractivity contribution < 1.29 is 32.6 Å². The lowest BCUT2D eigenvalue weighted by Gasteiger charge is -2.17. The van der Waals surface area contributed by atoms with E-state index in [-0.39, 0.29) is 12.1 Å². The second-order valence-corrected chi connectivity index (χ2v) is 8.64. The number of hydrogen-bond donors (Lipinski definition) is 1. The van der Waals surface area contributed by atoms with E-state index in [1.165, 1.54) is 27.4 Å². The van der Waals surface area contributed by atoms with E-state index < -0.39 is 7.60 Å². The smallest absolute Gasteiger partial charge is 0.335 e. The molecule has 174 valence electrons. The van der Waals surface area contributed by atoms with E-state index in [1.54, 1.807) is 56.3 Å².